The van der Waals surface area contributed by atoms with Crippen LogP contribution in [0.4, 0.5) is 0 Å². The van der Waals surface area contributed by atoms with Gasteiger partial charge in [-0.3, -0.25) is 9.89 Å². The molecular weight excluding hydrogens is 471 g/mol. The molecule has 0 spiro atoms. The Morgan fingerprint density at radius 3 is 2.94 bits per heavy atom. The number of esters is 1. The molecule has 7 nitrogen and oxygen atoms in total. The molecule has 0 radical (unpaired) electrons. The van der Waals surface area contributed by atoms with Gasteiger partial charge in [0.15, 0.2) is 10.8 Å². The van der Waals surface area contributed by atoms with Gasteiger partial charge in [0.05, 0.1) is 24.9 Å². The Kier molecular flexibility index (Phi) is 7.48. The third-order valence-electron chi connectivity index (χ3n) is 5.22. The summed E-state index contributed by atoms with van der Waals surface area (Å²) in [7, 11) is 0. The number of carbonyl (C=O) groups is 1. The lowest BCUT2D eigenvalue weighted by atomic mass is 9.95. The Hall–Kier alpha value is -1.97. The minimum atomic E-state index is -0.646. The van der Waals surface area contributed by atoms with Crippen molar-refractivity contribution in [2.75, 3.05) is 32.8 Å². The first-order valence-corrected chi connectivity index (χ1v) is 12.0. The maximum atomic E-state index is 13.2. The van der Waals surface area contributed by atoms with Gasteiger partial charge in [-0.15, -0.1) is 11.3 Å². The van der Waals surface area contributed by atoms with E-state index in [9.17, 15) is 4.79 Å². The van der Waals surface area contributed by atoms with Crippen molar-refractivity contribution >= 4 is 46.3 Å². The third-order valence-corrected chi connectivity index (χ3v) is 6.56. The summed E-state index contributed by atoms with van der Waals surface area (Å²) < 4.78 is 11.1. The van der Waals surface area contributed by atoms with E-state index in [1.807, 2.05) is 12.3 Å². The monoisotopic (exact) mass is 494 g/mol. The molecule has 1 N–H and O–H groups in total. The maximum Gasteiger partial charge on any atom is 0.338 e. The summed E-state index contributed by atoms with van der Waals surface area (Å²) in [6.07, 6.45) is 1.84. The Morgan fingerprint density at radius 2 is 2.25 bits per heavy atom. The number of carbonyl (C=O) groups excluding carboxylic acids is 1. The van der Waals surface area contributed by atoms with Crippen LogP contribution in [-0.4, -0.2) is 60.6 Å². The van der Waals surface area contributed by atoms with E-state index in [0.717, 1.165) is 23.8 Å². The van der Waals surface area contributed by atoms with Crippen molar-refractivity contribution < 1.29 is 14.3 Å². The van der Waals surface area contributed by atoms with Gasteiger partial charge in [0.2, 0.25) is 0 Å². The molecule has 1 aromatic heterocycles. The third kappa shape index (κ3) is 5.15. The first kappa shape index (κ1) is 23.2. The number of aromatic nitrogens is 1. The van der Waals surface area contributed by atoms with Crippen LogP contribution < -0.4 is 5.32 Å². The molecule has 2 atom stereocenters. The van der Waals surface area contributed by atoms with Crippen molar-refractivity contribution in [1.82, 2.24) is 15.2 Å². The summed E-state index contributed by atoms with van der Waals surface area (Å²) in [5.74, 6) is 0.176. The van der Waals surface area contributed by atoms with E-state index in [2.05, 4.69) is 15.2 Å². The standard InChI is InChI=1S/C22H24Cl2N4O3S/c1-3-30-22(29)18-17(12-28-7-8-31-13(2)11-28)26-20(21-25-6-9-32-21)27-19(18)15-5-4-14(23)10-16(15)24/h4-6,9-10,13,19H,3,7-8,11-12H2,1-2H3,(H,26,27). The lowest BCUT2D eigenvalue weighted by Crippen LogP contribution is -2.45. The van der Waals surface area contributed by atoms with Gasteiger partial charge in [-0.05, 0) is 26.0 Å². The van der Waals surface area contributed by atoms with Gasteiger partial charge in [0.1, 0.15) is 6.04 Å². The van der Waals surface area contributed by atoms with Crippen LogP contribution >= 0.6 is 34.5 Å². The van der Waals surface area contributed by atoms with Crippen molar-refractivity contribution in [1.29, 1.82) is 0 Å². The number of thiazole rings is 1. The van der Waals surface area contributed by atoms with E-state index < -0.39 is 12.0 Å². The van der Waals surface area contributed by atoms with E-state index in [0.29, 0.717) is 40.2 Å². The van der Waals surface area contributed by atoms with Crippen molar-refractivity contribution in [3.05, 3.63) is 61.7 Å². The number of benzene rings is 1. The second-order valence-electron chi connectivity index (χ2n) is 7.54. The minimum absolute atomic E-state index is 0.118. The van der Waals surface area contributed by atoms with Crippen molar-refractivity contribution in [3.8, 4) is 0 Å². The fraction of sp³-hybridized carbons (Fsp3) is 0.409. The number of amidine groups is 1. The molecule has 0 saturated carbocycles. The van der Waals surface area contributed by atoms with Crippen LogP contribution in [0.1, 0.15) is 30.5 Å². The molecule has 3 heterocycles. The lowest BCUT2D eigenvalue weighted by molar-refractivity contribution is -0.139. The quantitative estimate of drug-likeness (QED) is 0.609. The van der Waals surface area contributed by atoms with Crippen molar-refractivity contribution in [2.45, 2.75) is 26.0 Å². The van der Waals surface area contributed by atoms with Gasteiger partial charge in [-0.2, -0.15) is 0 Å². The Labute approximate surface area is 201 Å². The fourth-order valence-electron chi connectivity index (χ4n) is 3.82. The van der Waals surface area contributed by atoms with Crippen LogP contribution in [0.3, 0.4) is 0 Å². The number of nitrogens with one attached hydrogen (secondary N) is 1. The van der Waals surface area contributed by atoms with Gasteiger partial charge < -0.3 is 14.8 Å². The van der Waals surface area contributed by atoms with Gasteiger partial charge in [0.25, 0.3) is 0 Å². The van der Waals surface area contributed by atoms with E-state index in [-0.39, 0.29) is 12.7 Å². The first-order valence-electron chi connectivity index (χ1n) is 10.4. The molecule has 2 aliphatic rings. The molecule has 1 fully saturated rings. The van der Waals surface area contributed by atoms with E-state index in [4.69, 9.17) is 37.7 Å². The molecule has 1 aromatic carbocycles. The van der Waals surface area contributed by atoms with Crippen LogP contribution in [0.5, 0.6) is 0 Å². The van der Waals surface area contributed by atoms with Crippen LogP contribution in [0.15, 0.2) is 46.0 Å². The smallest absolute Gasteiger partial charge is 0.338 e. The van der Waals surface area contributed by atoms with E-state index >= 15 is 0 Å². The van der Waals surface area contributed by atoms with Gasteiger partial charge in [0, 0.05) is 52.5 Å². The molecular formula is C22H24Cl2N4O3S. The summed E-state index contributed by atoms with van der Waals surface area (Å²) in [6, 6.07) is 4.56. The SMILES string of the molecule is CCOC(=O)C1=C(CN2CCOC(C)C2)NC(c2nccs2)=NC1c1ccc(Cl)cc1Cl. The fourth-order valence-corrected chi connectivity index (χ4v) is 4.92. The predicted octanol–water partition coefficient (Wildman–Crippen LogP) is 4.08. The molecule has 4 rings (SSSR count). The van der Waals surface area contributed by atoms with E-state index in [1.165, 1.54) is 11.3 Å². The van der Waals surface area contributed by atoms with Crippen molar-refractivity contribution in [3.63, 3.8) is 0 Å². The van der Waals surface area contributed by atoms with Gasteiger partial charge >= 0.3 is 5.97 Å². The zero-order chi connectivity index (χ0) is 22.7. The number of nitrogens with zero attached hydrogens (tertiary/aromatic N) is 3. The molecule has 170 valence electrons. The number of hydrogen-bond acceptors (Lipinski definition) is 8. The maximum absolute atomic E-state index is 13.2. The normalized spacial score (nSPS) is 21.8. The number of morpholine rings is 1. The summed E-state index contributed by atoms with van der Waals surface area (Å²) in [5, 5.41) is 6.93. The molecule has 2 aromatic rings. The second-order valence-corrected chi connectivity index (χ2v) is 9.28. The number of halogens is 2. The molecule has 32 heavy (non-hydrogen) atoms. The number of hydrogen-bond donors (Lipinski definition) is 1. The summed E-state index contributed by atoms with van der Waals surface area (Å²) >= 11 is 14.1. The Bertz CT molecular complexity index is 1040. The summed E-state index contributed by atoms with van der Waals surface area (Å²) in [6.45, 7) is 6.77. The molecule has 0 bridgehead atoms. The summed E-state index contributed by atoms with van der Waals surface area (Å²) in [4.78, 5) is 24.7. The van der Waals surface area contributed by atoms with Crippen molar-refractivity contribution in [2.24, 2.45) is 4.99 Å². The van der Waals surface area contributed by atoms with Crippen LogP contribution in [-0.2, 0) is 14.3 Å². The highest BCUT2D eigenvalue weighted by atomic mass is 35.5. The van der Waals surface area contributed by atoms with Crippen LogP contribution in [0.2, 0.25) is 10.0 Å². The lowest BCUT2D eigenvalue weighted by Gasteiger charge is -2.34. The largest absolute Gasteiger partial charge is 0.463 e. The number of aliphatic imine (C=N–C) groups is 1. The van der Waals surface area contributed by atoms with E-state index in [1.54, 1.807) is 31.3 Å². The molecule has 10 heteroatoms. The molecule has 2 unspecified atom stereocenters. The Balaban J connectivity index is 1.81. The second kappa shape index (κ2) is 10.3. The molecule has 0 amide bonds. The highest BCUT2D eigenvalue weighted by molar-refractivity contribution is 7.11. The average Bonchev–Trinajstić information content (AvgIpc) is 3.28. The minimum Gasteiger partial charge on any atom is -0.463 e. The zero-order valence-corrected chi connectivity index (χ0v) is 20.1. The first-order chi connectivity index (χ1) is 15.5. The zero-order valence-electron chi connectivity index (χ0n) is 17.8. The highest BCUT2D eigenvalue weighted by Gasteiger charge is 2.35. The Morgan fingerprint density at radius 1 is 1.41 bits per heavy atom. The van der Waals surface area contributed by atoms with Crippen LogP contribution in [0.25, 0.3) is 0 Å². The highest BCUT2D eigenvalue weighted by Crippen LogP contribution is 2.37. The topological polar surface area (TPSA) is 76.0 Å². The summed E-state index contributed by atoms with van der Waals surface area (Å²) in [5.41, 5.74) is 1.85. The number of rotatable bonds is 6. The predicted molar refractivity (Wildman–Crippen MR) is 127 cm³/mol. The van der Waals surface area contributed by atoms with Gasteiger partial charge in [-0.1, -0.05) is 29.3 Å². The average molecular weight is 495 g/mol. The number of ether oxygens (including phenoxy) is 2. The van der Waals surface area contributed by atoms with Gasteiger partial charge in [-0.25, -0.2) is 9.78 Å². The molecule has 2 aliphatic heterocycles. The van der Waals surface area contributed by atoms with Crippen LogP contribution in [0, 0.1) is 0 Å². The molecule has 0 aliphatic carbocycles. The molecule has 1 saturated heterocycles.